The second kappa shape index (κ2) is 6.93. The maximum absolute atomic E-state index is 12.3. The molecule has 0 aliphatic carbocycles. The number of hydrogen-bond donors (Lipinski definition) is 2. The van der Waals surface area contributed by atoms with Gasteiger partial charge in [0.05, 0.1) is 5.56 Å². The Morgan fingerprint density at radius 1 is 1.17 bits per heavy atom. The summed E-state index contributed by atoms with van der Waals surface area (Å²) in [6.45, 7) is 0.270. The Morgan fingerprint density at radius 2 is 1.96 bits per heavy atom. The van der Waals surface area contributed by atoms with Crippen LogP contribution in [0.2, 0.25) is 5.02 Å². The van der Waals surface area contributed by atoms with Crippen LogP contribution in [0.1, 0.15) is 15.9 Å². The van der Waals surface area contributed by atoms with Crippen molar-refractivity contribution in [1.29, 1.82) is 0 Å². The van der Waals surface area contributed by atoms with Crippen molar-refractivity contribution in [1.82, 2.24) is 15.2 Å². The number of anilines is 1. The summed E-state index contributed by atoms with van der Waals surface area (Å²) in [5, 5.41) is 9.49. The van der Waals surface area contributed by atoms with Crippen LogP contribution in [-0.2, 0) is 6.61 Å². The number of carbonyl (C=O) groups is 1. The molecule has 1 heterocycles. The van der Waals surface area contributed by atoms with E-state index < -0.39 is 0 Å². The van der Waals surface area contributed by atoms with Gasteiger partial charge in [-0.1, -0.05) is 41.9 Å². The number of para-hydroxylation sites is 1. The number of amides is 1. The summed E-state index contributed by atoms with van der Waals surface area (Å²) in [6, 6.07) is 14.4. The van der Waals surface area contributed by atoms with Crippen LogP contribution in [0.3, 0.4) is 0 Å². The Morgan fingerprint density at radius 3 is 2.74 bits per heavy atom. The molecular formula is C16H13ClN4O2. The van der Waals surface area contributed by atoms with Gasteiger partial charge in [0.15, 0.2) is 0 Å². The standard InChI is InChI=1S/C16H13ClN4O2/c17-13-7-3-1-5-11(13)9-23-14-8-4-2-6-12(14)15(22)20-16-18-10-19-21-16/h1-8,10H,9H2,(H2,18,19,20,21,22). The number of halogens is 1. The molecule has 116 valence electrons. The average molecular weight is 329 g/mol. The van der Waals surface area contributed by atoms with E-state index in [4.69, 9.17) is 16.3 Å². The molecule has 0 atom stereocenters. The lowest BCUT2D eigenvalue weighted by Crippen LogP contribution is -2.14. The number of rotatable bonds is 5. The maximum atomic E-state index is 12.3. The van der Waals surface area contributed by atoms with Crippen LogP contribution in [0.15, 0.2) is 54.9 Å². The summed E-state index contributed by atoms with van der Waals surface area (Å²) in [6.07, 6.45) is 1.31. The summed E-state index contributed by atoms with van der Waals surface area (Å²) < 4.78 is 5.75. The molecule has 0 spiro atoms. The van der Waals surface area contributed by atoms with Gasteiger partial charge in [-0.2, -0.15) is 10.1 Å². The normalized spacial score (nSPS) is 10.3. The largest absolute Gasteiger partial charge is 0.488 e. The van der Waals surface area contributed by atoms with Crippen LogP contribution in [0.4, 0.5) is 5.95 Å². The molecule has 0 bridgehead atoms. The zero-order valence-corrected chi connectivity index (χ0v) is 12.7. The molecule has 0 fully saturated rings. The fourth-order valence-corrected chi connectivity index (χ4v) is 2.18. The first-order chi connectivity index (χ1) is 11.2. The Kier molecular flexibility index (Phi) is 4.54. The van der Waals surface area contributed by atoms with E-state index in [2.05, 4.69) is 20.5 Å². The third kappa shape index (κ3) is 3.67. The molecule has 0 aliphatic heterocycles. The zero-order valence-electron chi connectivity index (χ0n) is 12.0. The van der Waals surface area contributed by atoms with Gasteiger partial charge in [-0.05, 0) is 18.2 Å². The second-order valence-corrected chi connectivity index (χ2v) is 5.07. The van der Waals surface area contributed by atoms with Crippen molar-refractivity contribution < 1.29 is 9.53 Å². The molecule has 0 saturated heterocycles. The molecule has 0 radical (unpaired) electrons. The molecule has 6 nitrogen and oxygen atoms in total. The minimum absolute atomic E-state index is 0.270. The van der Waals surface area contributed by atoms with Crippen molar-refractivity contribution in [2.75, 3.05) is 5.32 Å². The number of benzene rings is 2. The van der Waals surface area contributed by atoms with E-state index >= 15 is 0 Å². The summed E-state index contributed by atoms with van der Waals surface area (Å²) in [5.74, 6) is 0.400. The van der Waals surface area contributed by atoms with Crippen LogP contribution in [0, 0.1) is 0 Å². The fourth-order valence-electron chi connectivity index (χ4n) is 1.99. The molecule has 1 aromatic heterocycles. The minimum atomic E-state index is -0.337. The van der Waals surface area contributed by atoms with E-state index in [9.17, 15) is 4.79 Å². The van der Waals surface area contributed by atoms with E-state index in [1.165, 1.54) is 6.33 Å². The Hall–Kier alpha value is -2.86. The van der Waals surface area contributed by atoms with Gasteiger partial charge in [0.25, 0.3) is 5.91 Å². The lowest BCUT2D eigenvalue weighted by Gasteiger charge is -2.11. The number of H-pyrrole nitrogens is 1. The number of carbonyl (C=O) groups excluding carboxylic acids is 1. The molecule has 0 aliphatic rings. The summed E-state index contributed by atoms with van der Waals surface area (Å²) in [4.78, 5) is 16.2. The van der Waals surface area contributed by atoms with Crippen LogP contribution < -0.4 is 10.1 Å². The topological polar surface area (TPSA) is 79.9 Å². The smallest absolute Gasteiger partial charge is 0.261 e. The lowest BCUT2D eigenvalue weighted by atomic mass is 10.2. The van der Waals surface area contributed by atoms with Crippen LogP contribution in [-0.4, -0.2) is 21.1 Å². The van der Waals surface area contributed by atoms with Gasteiger partial charge in [-0.25, -0.2) is 5.10 Å². The Bertz CT molecular complexity index is 805. The first kappa shape index (κ1) is 15.1. The predicted molar refractivity (Wildman–Crippen MR) is 86.6 cm³/mol. The third-order valence-corrected chi connectivity index (χ3v) is 3.49. The van der Waals surface area contributed by atoms with Gasteiger partial charge >= 0.3 is 0 Å². The van der Waals surface area contributed by atoms with Gasteiger partial charge < -0.3 is 4.74 Å². The van der Waals surface area contributed by atoms with Crippen molar-refractivity contribution >= 4 is 23.5 Å². The van der Waals surface area contributed by atoms with Crippen molar-refractivity contribution in [3.63, 3.8) is 0 Å². The van der Waals surface area contributed by atoms with Crippen LogP contribution in [0.5, 0.6) is 5.75 Å². The van der Waals surface area contributed by atoms with E-state index in [0.717, 1.165) is 5.56 Å². The highest BCUT2D eigenvalue weighted by Gasteiger charge is 2.13. The Labute approximate surface area is 137 Å². The minimum Gasteiger partial charge on any atom is -0.488 e. The predicted octanol–water partition coefficient (Wildman–Crippen LogP) is 3.29. The monoisotopic (exact) mass is 328 g/mol. The van der Waals surface area contributed by atoms with Crippen molar-refractivity contribution in [2.24, 2.45) is 0 Å². The number of aromatic nitrogens is 3. The lowest BCUT2D eigenvalue weighted by molar-refractivity contribution is 0.102. The van der Waals surface area contributed by atoms with E-state index in [1.807, 2.05) is 18.2 Å². The quantitative estimate of drug-likeness (QED) is 0.753. The molecule has 2 aromatic carbocycles. The summed E-state index contributed by atoms with van der Waals surface area (Å²) in [5.41, 5.74) is 1.25. The van der Waals surface area contributed by atoms with Crippen molar-refractivity contribution in [3.05, 3.63) is 71.0 Å². The number of nitrogens with one attached hydrogen (secondary N) is 2. The highest BCUT2D eigenvalue weighted by molar-refractivity contribution is 6.31. The number of ether oxygens (including phenoxy) is 1. The van der Waals surface area contributed by atoms with Crippen LogP contribution in [0.25, 0.3) is 0 Å². The van der Waals surface area contributed by atoms with Crippen molar-refractivity contribution in [2.45, 2.75) is 6.61 Å². The van der Waals surface area contributed by atoms with Gasteiger partial charge in [-0.3, -0.25) is 10.1 Å². The van der Waals surface area contributed by atoms with E-state index in [1.54, 1.807) is 30.3 Å². The zero-order chi connectivity index (χ0) is 16.1. The van der Waals surface area contributed by atoms with Gasteiger partial charge in [0.2, 0.25) is 5.95 Å². The molecule has 3 aromatic rings. The van der Waals surface area contributed by atoms with E-state index in [-0.39, 0.29) is 18.5 Å². The fraction of sp³-hybridized carbons (Fsp3) is 0.0625. The summed E-state index contributed by atoms with van der Waals surface area (Å²) in [7, 11) is 0. The highest BCUT2D eigenvalue weighted by Crippen LogP contribution is 2.22. The molecule has 7 heteroatoms. The molecule has 23 heavy (non-hydrogen) atoms. The highest BCUT2D eigenvalue weighted by atomic mass is 35.5. The molecule has 0 unspecified atom stereocenters. The maximum Gasteiger partial charge on any atom is 0.261 e. The molecule has 1 amide bonds. The van der Waals surface area contributed by atoms with Crippen LogP contribution >= 0.6 is 11.6 Å². The van der Waals surface area contributed by atoms with Crippen molar-refractivity contribution in [3.8, 4) is 5.75 Å². The van der Waals surface area contributed by atoms with Gasteiger partial charge in [0, 0.05) is 10.6 Å². The van der Waals surface area contributed by atoms with Gasteiger partial charge in [0.1, 0.15) is 18.7 Å². The third-order valence-electron chi connectivity index (χ3n) is 3.12. The summed E-state index contributed by atoms with van der Waals surface area (Å²) >= 11 is 6.11. The molecule has 3 rings (SSSR count). The first-order valence-corrected chi connectivity index (χ1v) is 7.24. The van der Waals surface area contributed by atoms with Gasteiger partial charge in [-0.15, -0.1) is 0 Å². The molecule has 2 N–H and O–H groups in total. The SMILES string of the molecule is O=C(Nc1ncn[nH]1)c1ccccc1OCc1ccccc1Cl. The number of nitrogens with zero attached hydrogens (tertiary/aromatic N) is 2. The number of hydrogen-bond acceptors (Lipinski definition) is 4. The second-order valence-electron chi connectivity index (χ2n) is 4.66. The number of aromatic amines is 1. The molecular weight excluding hydrogens is 316 g/mol. The molecule has 0 saturated carbocycles. The first-order valence-electron chi connectivity index (χ1n) is 6.86. The average Bonchev–Trinajstić information content (AvgIpc) is 3.07. The van der Waals surface area contributed by atoms with E-state index in [0.29, 0.717) is 16.3 Å². The Balaban J connectivity index is 1.75.